The molecule has 0 spiro atoms. The second-order valence-corrected chi connectivity index (χ2v) is 6.65. The molecule has 0 aromatic heterocycles. The summed E-state index contributed by atoms with van der Waals surface area (Å²) in [4.78, 5) is 12.3. The molecule has 1 amide bonds. The molecule has 0 aliphatic rings. The number of rotatable bonds is 5. The van der Waals surface area contributed by atoms with Gasteiger partial charge in [-0.3, -0.25) is 4.79 Å². The largest absolute Gasteiger partial charge is 0.322 e. The van der Waals surface area contributed by atoms with Gasteiger partial charge in [-0.2, -0.15) is 4.72 Å². The van der Waals surface area contributed by atoms with Crippen molar-refractivity contribution in [3.63, 3.8) is 0 Å². The van der Waals surface area contributed by atoms with E-state index in [2.05, 4.69) is 16.0 Å². The summed E-state index contributed by atoms with van der Waals surface area (Å²) in [6.45, 7) is 1.81. The second kappa shape index (κ2) is 7.09. The molecule has 0 atom stereocenters. The van der Waals surface area contributed by atoms with Crippen molar-refractivity contribution in [2.45, 2.75) is 11.8 Å². The molecule has 118 valence electrons. The van der Waals surface area contributed by atoms with E-state index in [-0.39, 0.29) is 22.9 Å². The number of nitrogens with one attached hydrogen (secondary N) is 2. The molecule has 2 rings (SSSR count). The molecule has 2 N–H and O–H groups in total. The highest BCUT2D eigenvalue weighted by molar-refractivity contribution is 7.89. The first-order chi connectivity index (χ1) is 10.9. The van der Waals surface area contributed by atoms with E-state index < -0.39 is 10.0 Å². The van der Waals surface area contributed by atoms with Crippen molar-refractivity contribution in [2.75, 3.05) is 11.9 Å². The fraction of sp³-hybridized carbons (Fsp3) is 0.118. The van der Waals surface area contributed by atoms with Gasteiger partial charge in [0.2, 0.25) is 10.0 Å². The number of terminal acetylenes is 1. The fourth-order valence-corrected chi connectivity index (χ4v) is 2.93. The number of sulfonamides is 1. The summed E-state index contributed by atoms with van der Waals surface area (Å²) in [6.07, 6.45) is 5.05. The molecule has 0 radical (unpaired) electrons. The molecule has 0 fully saturated rings. The number of anilines is 1. The number of aryl methyl sites for hydroxylation is 1. The minimum absolute atomic E-state index is 0.00959. The summed E-state index contributed by atoms with van der Waals surface area (Å²) in [6, 6.07) is 13.1. The van der Waals surface area contributed by atoms with Crippen molar-refractivity contribution < 1.29 is 13.2 Å². The molecule has 0 heterocycles. The summed E-state index contributed by atoms with van der Waals surface area (Å²) < 4.78 is 26.3. The Balaban J connectivity index is 2.22. The zero-order valence-corrected chi connectivity index (χ0v) is 13.4. The van der Waals surface area contributed by atoms with Gasteiger partial charge in [0.15, 0.2) is 0 Å². The van der Waals surface area contributed by atoms with Crippen molar-refractivity contribution >= 4 is 21.6 Å². The topological polar surface area (TPSA) is 75.3 Å². The Morgan fingerprint density at radius 1 is 1.17 bits per heavy atom. The average Bonchev–Trinajstić information content (AvgIpc) is 2.53. The van der Waals surface area contributed by atoms with E-state index in [1.165, 1.54) is 18.2 Å². The third-order valence-electron chi connectivity index (χ3n) is 3.05. The van der Waals surface area contributed by atoms with Crippen molar-refractivity contribution in [3.05, 3.63) is 59.7 Å². The van der Waals surface area contributed by atoms with Gasteiger partial charge in [0.1, 0.15) is 0 Å². The molecule has 0 bridgehead atoms. The monoisotopic (exact) mass is 328 g/mol. The Morgan fingerprint density at radius 2 is 1.91 bits per heavy atom. The number of carbonyl (C=O) groups is 1. The van der Waals surface area contributed by atoms with Gasteiger partial charge in [0.25, 0.3) is 5.91 Å². The summed E-state index contributed by atoms with van der Waals surface area (Å²) in [5.74, 6) is 1.81. The molecule has 6 heteroatoms. The van der Waals surface area contributed by atoms with E-state index in [9.17, 15) is 13.2 Å². The van der Waals surface area contributed by atoms with Gasteiger partial charge in [-0.1, -0.05) is 24.1 Å². The maximum Gasteiger partial charge on any atom is 0.255 e. The van der Waals surface area contributed by atoms with Crippen LogP contribution in [0.25, 0.3) is 0 Å². The lowest BCUT2D eigenvalue weighted by Gasteiger charge is -2.08. The van der Waals surface area contributed by atoms with Gasteiger partial charge >= 0.3 is 0 Å². The Morgan fingerprint density at radius 3 is 2.61 bits per heavy atom. The van der Waals surface area contributed by atoms with Crippen LogP contribution in [0.5, 0.6) is 0 Å². The lowest BCUT2D eigenvalue weighted by molar-refractivity contribution is 0.102. The molecular formula is C17H16N2O3S. The zero-order chi connectivity index (χ0) is 16.9. The van der Waals surface area contributed by atoms with Gasteiger partial charge < -0.3 is 5.32 Å². The van der Waals surface area contributed by atoms with E-state index in [4.69, 9.17) is 6.42 Å². The van der Waals surface area contributed by atoms with E-state index in [1.807, 2.05) is 25.1 Å². The van der Waals surface area contributed by atoms with Gasteiger partial charge in [-0.15, -0.1) is 6.42 Å². The smallest absolute Gasteiger partial charge is 0.255 e. The van der Waals surface area contributed by atoms with Crippen LogP contribution in [-0.4, -0.2) is 20.9 Å². The molecule has 0 unspecified atom stereocenters. The first-order valence-corrected chi connectivity index (χ1v) is 8.32. The second-order valence-electron chi connectivity index (χ2n) is 4.88. The number of benzene rings is 2. The summed E-state index contributed by atoms with van der Waals surface area (Å²) in [5.41, 5.74) is 1.90. The third-order valence-corrected chi connectivity index (χ3v) is 4.45. The first-order valence-electron chi connectivity index (χ1n) is 6.83. The molecule has 23 heavy (non-hydrogen) atoms. The SMILES string of the molecule is C#CCNS(=O)(=O)c1cccc(C(=O)Nc2cccc(C)c2)c1. The molecule has 0 aliphatic heterocycles. The van der Waals surface area contributed by atoms with E-state index in [0.717, 1.165) is 5.56 Å². The van der Waals surface area contributed by atoms with Crippen molar-refractivity contribution in [3.8, 4) is 12.3 Å². The van der Waals surface area contributed by atoms with E-state index in [0.29, 0.717) is 5.69 Å². The number of hydrogen-bond donors (Lipinski definition) is 2. The minimum atomic E-state index is -3.73. The van der Waals surface area contributed by atoms with Crippen LogP contribution >= 0.6 is 0 Å². The van der Waals surface area contributed by atoms with Gasteiger partial charge in [-0.25, -0.2) is 8.42 Å². The summed E-state index contributed by atoms with van der Waals surface area (Å²) >= 11 is 0. The predicted molar refractivity (Wildman–Crippen MR) is 89.6 cm³/mol. The maximum atomic E-state index is 12.3. The lowest BCUT2D eigenvalue weighted by Crippen LogP contribution is -2.24. The van der Waals surface area contributed by atoms with Crippen molar-refractivity contribution in [1.29, 1.82) is 0 Å². The summed E-state index contributed by atoms with van der Waals surface area (Å²) in [5, 5.41) is 2.73. The van der Waals surface area contributed by atoms with Gasteiger partial charge in [0.05, 0.1) is 11.4 Å². The average molecular weight is 328 g/mol. The Labute approximate surface area is 135 Å². The first kappa shape index (κ1) is 16.7. The van der Waals surface area contributed by atoms with Crippen molar-refractivity contribution in [1.82, 2.24) is 4.72 Å². The van der Waals surface area contributed by atoms with Crippen LogP contribution in [0.3, 0.4) is 0 Å². The highest BCUT2D eigenvalue weighted by Crippen LogP contribution is 2.15. The molecule has 0 saturated heterocycles. The molecule has 2 aromatic rings. The van der Waals surface area contributed by atoms with Crippen LogP contribution in [-0.2, 0) is 10.0 Å². The van der Waals surface area contributed by atoms with Crippen LogP contribution in [0, 0.1) is 19.3 Å². The standard InChI is InChI=1S/C17H16N2O3S/c1-3-10-18-23(21,22)16-9-5-7-14(12-16)17(20)19-15-8-4-6-13(2)11-15/h1,4-9,11-12,18H,10H2,2H3,(H,19,20). The maximum absolute atomic E-state index is 12.3. The van der Waals surface area contributed by atoms with Crippen LogP contribution in [0.1, 0.15) is 15.9 Å². The number of amides is 1. The normalized spacial score (nSPS) is 10.8. The van der Waals surface area contributed by atoms with Crippen LogP contribution in [0.2, 0.25) is 0 Å². The van der Waals surface area contributed by atoms with Gasteiger partial charge in [0, 0.05) is 11.3 Å². The fourth-order valence-electron chi connectivity index (χ4n) is 1.95. The Kier molecular flexibility index (Phi) is 5.16. The van der Waals surface area contributed by atoms with Crippen LogP contribution < -0.4 is 10.0 Å². The number of carbonyl (C=O) groups excluding carboxylic acids is 1. The molecule has 0 aliphatic carbocycles. The van der Waals surface area contributed by atoms with E-state index in [1.54, 1.807) is 12.1 Å². The Hall–Kier alpha value is -2.62. The lowest BCUT2D eigenvalue weighted by atomic mass is 10.2. The highest BCUT2D eigenvalue weighted by Gasteiger charge is 2.15. The zero-order valence-electron chi connectivity index (χ0n) is 12.5. The van der Waals surface area contributed by atoms with Crippen LogP contribution in [0.15, 0.2) is 53.4 Å². The molecule has 0 saturated carbocycles. The summed E-state index contributed by atoms with van der Waals surface area (Å²) in [7, 11) is -3.73. The van der Waals surface area contributed by atoms with Gasteiger partial charge in [-0.05, 0) is 42.8 Å². The molecule has 2 aromatic carbocycles. The van der Waals surface area contributed by atoms with E-state index >= 15 is 0 Å². The number of hydrogen-bond acceptors (Lipinski definition) is 3. The van der Waals surface area contributed by atoms with Crippen molar-refractivity contribution in [2.24, 2.45) is 0 Å². The van der Waals surface area contributed by atoms with Crippen LogP contribution in [0.4, 0.5) is 5.69 Å². The molecule has 5 nitrogen and oxygen atoms in total. The highest BCUT2D eigenvalue weighted by atomic mass is 32.2. The third kappa shape index (κ3) is 4.42. The Bertz CT molecular complexity index is 867. The minimum Gasteiger partial charge on any atom is -0.322 e. The quantitative estimate of drug-likeness (QED) is 0.826. The predicted octanol–water partition coefficient (Wildman–Crippen LogP) is 2.16. The molecular weight excluding hydrogens is 312 g/mol.